The van der Waals surface area contributed by atoms with Gasteiger partial charge in [-0.05, 0) is 43.2 Å². The summed E-state index contributed by atoms with van der Waals surface area (Å²) in [6.07, 6.45) is 1.67. The molecule has 170 valence electrons. The highest BCUT2D eigenvalue weighted by molar-refractivity contribution is 7.13. The minimum atomic E-state index is -0.465. The maximum absolute atomic E-state index is 12.8. The topological polar surface area (TPSA) is 114 Å². The number of benzene rings is 2. The van der Waals surface area contributed by atoms with Crippen molar-refractivity contribution in [2.24, 2.45) is 0 Å². The highest BCUT2D eigenvalue weighted by atomic mass is 32.1. The van der Waals surface area contributed by atoms with E-state index in [1.807, 2.05) is 18.2 Å². The van der Waals surface area contributed by atoms with E-state index in [9.17, 15) is 14.4 Å². The number of urea groups is 1. The molecule has 1 atom stereocenters. The predicted molar refractivity (Wildman–Crippen MR) is 125 cm³/mol. The first-order chi connectivity index (χ1) is 16.0. The fraction of sp³-hybridized carbons (Fsp3) is 0.261. The van der Waals surface area contributed by atoms with E-state index in [2.05, 4.69) is 20.8 Å². The minimum absolute atomic E-state index is 0.00155. The first-order valence-corrected chi connectivity index (χ1v) is 11.3. The van der Waals surface area contributed by atoms with Gasteiger partial charge in [0.1, 0.15) is 5.01 Å². The number of nitrogens with zero attached hydrogens (tertiary/aromatic N) is 3. The molecule has 1 aromatic heterocycles. The number of carbonyl (C=O) groups excluding carboxylic acids is 3. The van der Waals surface area contributed by atoms with Gasteiger partial charge in [-0.25, -0.2) is 9.59 Å². The van der Waals surface area contributed by atoms with Gasteiger partial charge in [0, 0.05) is 30.4 Å². The number of methoxy groups -OCH3 is 1. The first-order valence-electron chi connectivity index (χ1n) is 10.5. The third kappa shape index (κ3) is 5.53. The highest BCUT2D eigenvalue weighted by Crippen LogP contribution is 2.30. The van der Waals surface area contributed by atoms with Crippen molar-refractivity contribution in [1.82, 2.24) is 15.1 Å². The van der Waals surface area contributed by atoms with Crippen molar-refractivity contribution in [3.8, 4) is 0 Å². The van der Waals surface area contributed by atoms with Crippen LogP contribution < -0.4 is 10.6 Å². The molecule has 0 spiro atoms. The van der Waals surface area contributed by atoms with E-state index in [-0.39, 0.29) is 22.9 Å². The molecule has 33 heavy (non-hydrogen) atoms. The fourth-order valence-electron chi connectivity index (χ4n) is 3.60. The Bertz CT molecular complexity index is 1150. The zero-order valence-electron chi connectivity index (χ0n) is 18.0. The van der Waals surface area contributed by atoms with Crippen LogP contribution in [-0.2, 0) is 4.74 Å². The molecule has 9 nitrogen and oxygen atoms in total. The van der Waals surface area contributed by atoms with Crippen molar-refractivity contribution in [2.45, 2.75) is 18.8 Å². The molecule has 4 rings (SSSR count). The fourth-order valence-corrected chi connectivity index (χ4v) is 4.47. The lowest BCUT2D eigenvalue weighted by atomic mass is 9.99. The Hall–Kier alpha value is -3.79. The van der Waals surface area contributed by atoms with Gasteiger partial charge in [0.25, 0.3) is 5.91 Å². The van der Waals surface area contributed by atoms with Crippen molar-refractivity contribution in [3.05, 3.63) is 70.2 Å². The third-order valence-electron chi connectivity index (χ3n) is 5.26. The lowest BCUT2D eigenvalue weighted by molar-refractivity contribution is 0.0600. The molecule has 2 heterocycles. The Balaban J connectivity index is 1.38. The highest BCUT2D eigenvalue weighted by Gasteiger charge is 2.28. The lowest BCUT2D eigenvalue weighted by Crippen LogP contribution is -2.41. The van der Waals surface area contributed by atoms with E-state index in [0.29, 0.717) is 30.0 Å². The average Bonchev–Trinajstić information content (AvgIpc) is 3.35. The quantitative estimate of drug-likeness (QED) is 0.551. The zero-order valence-corrected chi connectivity index (χ0v) is 18.8. The number of likely N-dealkylation sites (tertiary alicyclic amines) is 1. The Morgan fingerprint density at radius 3 is 2.61 bits per heavy atom. The molecule has 10 heteroatoms. The Kier molecular flexibility index (Phi) is 6.94. The second-order valence-corrected chi connectivity index (χ2v) is 8.56. The Morgan fingerprint density at radius 2 is 1.82 bits per heavy atom. The van der Waals surface area contributed by atoms with E-state index in [1.54, 1.807) is 41.3 Å². The molecule has 2 aromatic carbocycles. The van der Waals surface area contributed by atoms with Crippen molar-refractivity contribution >= 4 is 40.6 Å². The van der Waals surface area contributed by atoms with Crippen LogP contribution in [0, 0.1) is 0 Å². The second kappa shape index (κ2) is 10.2. The number of amides is 3. The van der Waals surface area contributed by atoms with Gasteiger partial charge in [-0.1, -0.05) is 35.6 Å². The van der Waals surface area contributed by atoms with Gasteiger partial charge in [0.2, 0.25) is 5.01 Å². The number of piperidine rings is 1. The summed E-state index contributed by atoms with van der Waals surface area (Å²) in [7, 11) is 1.31. The molecule has 3 amide bonds. The number of nitrogens with one attached hydrogen (secondary N) is 2. The van der Waals surface area contributed by atoms with Crippen LogP contribution in [0.25, 0.3) is 0 Å². The molecular formula is C23H23N5O4S. The molecular weight excluding hydrogens is 442 g/mol. The van der Waals surface area contributed by atoms with Gasteiger partial charge in [0.05, 0.1) is 12.7 Å². The molecule has 0 bridgehead atoms. The van der Waals surface area contributed by atoms with Gasteiger partial charge < -0.3 is 20.3 Å². The monoisotopic (exact) mass is 465 g/mol. The van der Waals surface area contributed by atoms with Gasteiger partial charge in [-0.15, -0.1) is 10.2 Å². The number of rotatable bonds is 5. The van der Waals surface area contributed by atoms with Gasteiger partial charge in [-0.3, -0.25) is 4.79 Å². The Morgan fingerprint density at radius 1 is 1.03 bits per heavy atom. The molecule has 1 fully saturated rings. The number of esters is 1. The van der Waals surface area contributed by atoms with Crippen molar-refractivity contribution < 1.29 is 19.1 Å². The van der Waals surface area contributed by atoms with Crippen LogP contribution in [0.1, 0.15) is 43.9 Å². The van der Waals surface area contributed by atoms with Crippen LogP contribution in [0.15, 0.2) is 54.6 Å². The number of anilines is 2. The summed E-state index contributed by atoms with van der Waals surface area (Å²) >= 11 is 1.25. The van der Waals surface area contributed by atoms with Gasteiger partial charge >= 0.3 is 12.0 Å². The number of para-hydroxylation sites is 1. The van der Waals surface area contributed by atoms with E-state index < -0.39 is 5.97 Å². The molecule has 3 aromatic rings. The van der Waals surface area contributed by atoms with Crippen LogP contribution in [-0.4, -0.2) is 53.2 Å². The SMILES string of the molecule is COC(=O)c1cccc(NC(=O)N2CCC[C@@H](c3nnc(C(=O)Nc4ccccc4)s3)C2)c1. The zero-order chi connectivity index (χ0) is 23.2. The second-order valence-electron chi connectivity index (χ2n) is 7.55. The molecule has 0 radical (unpaired) electrons. The molecule has 2 N–H and O–H groups in total. The first kappa shape index (κ1) is 22.4. The van der Waals surface area contributed by atoms with Crippen molar-refractivity contribution in [2.75, 3.05) is 30.8 Å². The number of hydrogen-bond donors (Lipinski definition) is 2. The van der Waals surface area contributed by atoms with Crippen LogP contribution >= 0.6 is 11.3 Å². The normalized spacial score (nSPS) is 15.5. The summed E-state index contributed by atoms with van der Waals surface area (Å²) < 4.78 is 4.73. The van der Waals surface area contributed by atoms with Gasteiger partial charge in [0.15, 0.2) is 0 Å². The molecule has 0 saturated carbocycles. The summed E-state index contributed by atoms with van der Waals surface area (Å²) in [6, 6.07) is 15.5. The van der Waals surface area contributed by atoms with Crippen molar-refractivity contribution in [3.63, 3.8) is 0 Å². The summed E-state index contributed by atoms with van der Waals surface area (Å²) in [5.74, 6) is -0.768. The average molecular weight is 466 g/mol. The minimum Gasteiger partial charge on any atom is -0.465 e. The molecule has 1 aliphatic rings. The van der Waals surface area contributed by atoms with E-state index in [1.165, 1.54) is 18.4 Å². The van der Waals surface area contributed by atoms with E-state index >= 15 is 0 Å². The maximum atomic E-state index is 12.8. The van der Waals surface area contributed by atoms with E-state index in [4.69, 9.17) is 4.74 Å². The van der Waals surface area contributed by atoms with Gasteiger partial charge in [-0.2, -0.15) is 0 Å². The maximum Gasteiger partial charge on any atom is 0.337 e. The van der Waals surface area contributed by atoms with Crippen LogP contribution in [0.4, 0.5) is 16.2 Å². The summed E-state index contributed by atoms with van der Waals surface area (Å²) in [5, 5.41) is 14.9. The van der Waals surface area contributed by atoms with Crippen LogP contribution in [0.5, 0.6) is 0 Å². The van der Waals surface area contributed by atoms with Crippen molar-refractivity contribution in [1.29, 1.82) is 0 Å². The number of ether oxygens (including phenoxy) is 1. The summed E-state index contributed by atoms with van der Waals surface area (Å²) in [5.41, 5.74) is 1.57. The van der Waals surface area contributed by atoms with E-state index in [0.717, 1.165) is 17.8 Å². The molecule has 0 aliphatic carbocycles. The summed E-state index contributed by atoms with van der Waals surface area (Å²) in [4.78, 5) is 38.7. The molecule has 1 aliphatic heterocycles. The standard InChI is InChI=1S/C23H23N5O4S/c1-32-22(30)15-7-5-11-18(13-15)25-23(31)28-12-6-8-16(14-28)20-26-27-21(33-20)19(29)24-17-9-3-2-4-10-17/h2-5,7,9-11,13,16H,6,8,12,14H2,1H3,(H,24,29)(H,25,31)/t16-/m1/s1. The lowest BCUT2D eigenvalue weighted by Gasteiger charge is -2.31. The number of hydrogen-bond acceptors (Lipinski definition) is 7. The summed E-state index contributed by atoms with van der Waals surface area (Å²) in [6.45, 7) is 1.08. The van der Waals surface area contributed by atoms with Crippen LogP contribution in [0.3, 0.4) is 0 Å². The largest absolute Gasteiger partial charge is 0.465 e. The number of carbonyl (C=O) groups is 3. The predicted octanol–water partition coefficient (Wildman–Crippen LogP) is 3.99. The van der Waals surface area contributed by atoms with Crippen LogP contribution in [0.2, 0.25) is 0 Å². The number of aromatic nitrogens is 2. The molecule has 0 unspecified atom stereocenters. The third-order valence-corrected chi connectivity index (χ3v) is 6.34. The molecule has 1 saturated heterocycles. The Labute approximate surface area is 194 Å². The smallest absolute Gasteiger partial charge is 0.337 e.